The number of hydrogen-bond donors (Lipinski definition) is 0. The first-order valence-corrected chi connectivity index (χ1v) is 6.71. The fourth-order valence-corrected chi connectivity index (χ4v) is 2.43. The third-order valence-electron chi connectivity index (χ3n) is 3.55. The molecule has 20 heavy (non-hydrogen) atoms. The third kappa shape index (κ3) is 2.03. The number of hydrogen-bond acceptors (Lipinski definition) is 3. The molecule has 1 aliphatic rings. The Balaban J connectivity index is 1.96. The molecule has 104 valence electrons. The maximum Gasteiger partial charge on any atom is 0.346 e. The Morgan fingerprint density at radius 3 is 2.60 bits per heavy atom. The molecule has 0 fully saturated rings. The van der Waals surface area contributed by atoms with E-state index in [2.05, 4.69) is 5.10 Å². The molecule has 1 aliphatic heterocycles. The second kappa shape index (κ2) is 4.96. The predicted molar refractivity (Wildman–Crippen MR) is 73.6 cm³/mol. The summed E-state index contributed by atoms with van der Waals surface area (Å²) in [6, 6.07) is 9.63. The number of aromatic nitrogens is 3. The SMILES string of the molecule is CCN1CCn2c(nn(Cc3ccccc3)c2=O)C1=O. The Labute approximate surface area is 116 Å². The molecule has 0 saturated heterocycles. The first kappa shape index (κ1) is 12.7. The Morgan fingerprint density at radius 2 is 1.90 bits per heavy atom. The molecule has 1 amide bonds. The van der Waals surface area contributed by atoms with Crippen LogP contribution in [0.5, 0.6) is 0 Å². The van der Waals surface area contributed by atoms with Crippen molar-refractivity contribution in [1.29, 1.82) is 0 Å². The van der Waals surface area contributed by atoms with E-state index in [0.717, 1.165) is 5.56 Å². The molecular formula is C14H16N4O2. The molecule has 0 spiro atoms. The smallest absolute Gasteiger partial charge is 0.334 e. The van der Waals surface area contributed by atoms with Gasteiger partial charge in [-0.1, -0.05) is 30.3 Å². The van der Waals surface area contributed by atoms with Crippen LogP contribution in [0, 0.1) is 0 Å². The van der Waals surface area contributed by atoms with Crippen molar-refractivity contribution in [2.75, 3.05) is 13.1 Å². The van der Waals surface area contributed by atoms with Crippen LogP contribution in [0.1, 0.15) is 23.1 Å². The summed E-state index contributed by atoms with van der Waals surface area (Å²) in [5.41, 5.74) is 0.776. The Kier molecular flexibility index (Phi) is 3.14. The van der Waals surface area contributed by atoms with E-state index in [1.807, 2.05) is 37.3 Å². The van der Waals surface area contributed by atoms with Crippen molar-refractivity contribution < 1.29 is 4.79 Å². The van der Waals surface area contributed by atoms with Crippen molar-refractivity contribution in [1.82, 2.24) is 19.2 Å². The zero-order chi connectivity index (χ0) is 14.1. The molecular weight excluding hydrogens is 256 g/mol. The highest BCUT2D eigenvalue weighted by Gasteiger charge is 2.28. The van der Waals surface area contributed by atoms with Crippen molar-refractivity contribution in [2.45, 2.75) is 20.0 Å². The minimum Gasteiger partial charge on any atom is -0.334 e. The molecule has 0 radical (unpaired) electrons. The second-order valence-corrected chi connectivity index (χ2v) is 4.79. The van der Waals surface area contributed by atoms with Crippen LogP contribution in [0.15, 0.2) is 35.1 Å². The van der Waals surface area contributed by atoms with E-state index in [-0.39, 0.29) is 17.4 Å². The second-order valence-electron chi connectivity index (χ2n) is 4.79. The average molecular weight is 272 g/mol. The quantitative estimate of drug-likeness (QED) is 0.820. The first-order valence-electron chi connectivity index (χ1n) is 6.71. The van der Waals surface area contributed by atoms with E-state index in [1.54, 1.807) is 4.90 Å². The maximum atomic E-state index is 12.3. The number of amides is 1. The monoisotopic (exact) mass is 272 g/mol. The Bertz CT molecular complexity index is 687. The topological polar surface area (TPSA) is 60.1 Å². The van der Waals surface area contributed by atoms with Crippen LogP contribution in [0.3, 0.4) is 0 Å². The predicted octanol–water partition coefficient (Wildman–Crippen LogP) is 0.569. The summed E-state index contributed by atoms with van der Waals surface area (Å²) < 4.78 is 2.83. The van der Waals surface area contributed by atoms with Gasteiger partial charge in [0.15, 0.2) is 0 Å². The van der Waals surface area contributed by atoms with Crippen molar-refractivity contribution >= 4 is 5.91 Å². The fourth-order valence-electron chi connectivity index (χ4n) is 2.43. The molecule has 6 heteroatoms. The maximum absolute atomic E-state index is 12.3. The summed E-state index contributed by atoms with van der Waals surface area (Å²) >= 11 is 0. The lowest BCUT2D eigenvalue weighted by Gasteiger charge is -2.24. The minimum absolute atomic E-state index is 0.164. The molecule has 2 aromatic rings. The molecule has 0 atom stereocenters. The fraction of sp³-hybridized carbons (Fsp3) is 0.357. The minimum atomic E-state index is -0.215. The van der Waals surface area contributed by atoms with Crippen LogP contribution in [0.25, 0.3) is 0 Å². The van der Waals surface area contributed by atoms with Crippen LogP contribution < -0.4 is 5.69 Å². The van der Waals surface area contributed by atoms with E-state index in [0.29, 0.717) is 26.2 Å². The first-order chi connectivity index (χ1) is 9.70. The van der Waals surface area contributed by atoms with E-state index in [9.17, 15) is 9.59 Å². The number of rotatable bonds is 3. The van der Waals surface area contributed by atoms with Gasteiger partial charge in [0.05, 0.1) is 6.54 Å². The largest absolute Gasteiger partial charge is 0.346 e. The lowest BCUT2D eigenvalue weighted by atomic mass is 10.2. The zero-order valence-corrected chi connectivity index (χ0v) is 11.3. The highest BCUT2D eigenvalue weighted by molar-refractivity contribution is 5.91. The number of likely N-dealkylation sites (N-methyl/N-ethyl adjacent to an activating group) is 1. The normalized spacial score (nSPS) is 14.4. The van der Waals surface area contributed by atoms with Crippen molar-refractivity contribution in [2.24, 2.45) is 0 Å². The van der Waals surface area contributed by atoms with Crippen LogP contribution in [-0.4, -0.2) is 38.2 Å². The molecule has 0 bridgehead atoms. The molecule has 0 saturated carbocycles. The van der Waals surface area contributed by atoms with Gasteiger partial charge in [-0.2, -0.15) is 0 Å². The van der Waals surface area contributed by atoms with Gasteiger partial charge in [-0.25, -0.2) is 9.48 Å². The molecule has 0 unspecified atom stereocenters. The van der Waals surface area contributed by atoms with Gasteiger partial charge in [0.25, 0.3) is 5.91 Å². The van der Waals surface area contributed by atoms with Crippen molar-refractivity contribution in [3.8, 4) is 0 Å². The van der Waals surface area contributed by atoms with Crippen molar-refractivity contribution in [3.63, 3.8) is 0 Å². The molecule has 1 aromatic heterocycles. The van der Waals surface area contributed by atoms with Crippen LogP contribution >= 0.6 is 0 Å². The lowest BCUT2D eigenvalue weighted by molar-refractivity contribution is 0.0705. The van der Waals surface area contributed by atoms with Gasteiger partial charge in [0.1, 0.15) is 0 Å². The highest BCUT2D eigenvalue weighted by Crippen LogP contribution is 2.08. The lowest BCUT2D eigenvalue weighted by Crippen LogP contribution is -2.42. The summed E-state index contributed by atoms with van der Waals surface area (Å²) in [5, 5.41) is 4.20. The van der Waals surface area contributed by atoms with Gasteiger partial charge in [0, 0.05) is 19.6 Å². The third-order valence-corrected chi connectivity index (χ3v) is 3.55. The van der Waals surface area contributed by atoms with Crippen LogP contribution in [0.4, 0.5) is 0 Å². The zero-order valence-electron chi connectivity index (χ0n) is 11.3. The van der Waals surface area contributed by atoms with E-state index in [1.165, 1.54) is 9.25 Å². The number of nitrogens with zero attached hydrogens (tertiary/aromatic N) is 4. The summed E-state index contributed by atoms with van der Waals surface area (Å²) in [4.78, 5) is 26.1. The molecule has 1 aromatic carbocycles. The number of carbonyl (C=O) groups excluding carboxylic acids is 1. The number of fused-ring (bicyclic) bond motifs is 1. The van der Waals surface area contributed by atoms with E-state index in [4.69, 9.17) is 0 Å². The van der Waals surface area contributed by atoms with Crippen LogP contribution in [0.2, 0.25) is 0 Å². The summed E-state index contributed by atoms with van der Waals surface area (Å²) in [6.45, 7) is 4.03. The highest BCUT2D eigenvalue weighted by atomic mass is 16.2. The summed E-state index contributed by atoms with van der Waals surface area (Å²) in [6.07, 6.45) is 0. The average Bonchev–Trinajstić information content (AvgIpc) is 2.79. The van der Waals surface area contributed by atoms with Gasteiger partial charge in [-0.05, 0) is 12.5 Å². The number of benzene rings is 1. The van der Waals surface area contributed by atoms with Gasteiger partial charge in [-0.15, -0.1) is 5.10 Å². The number of carbonyl (C=O) groups is 1. The van der Waals surface area contributed by atoms with Crippen molar-refractivity contribution in [3.05, 3.63) is 52.2 Å². The Hall–Kier alpha value is -2.37. The van der Waals surface area contributed by atoms with Gasteiger partial charge in [0.2, 0.25) is 5.82 Å². The Morgan fingerprint density at radius 1 is 1.15 bits per heavy atom. The van der Waals surface area contributed by atoms with Gasteiger partial charge >= 0.3 is 5.69 Å². The van der Waals surface area contributed by atoms with Crippen LogP contribution in [-0.2, 0) is 13.1 Å². The molecule has 0 N–H and O–H groups in total. The van der Waals surface area contributed by atoms with E-state index >= 15 is 0 Å². The standard InChI is InChI=1S/C14H16N4O2/c1-2-16-8-9-17-12(13(16)19)15-18(14(17)20)10-11-6-4-3-5-7-11/h3-7H,2,8-10H2,1H3. The molecule has 2 heterocycles. The summed E-state index contributed by atoms with van der Waals surface area (Å²) in [7, 11) is 0. The van der Waals surface area contributed by atoms with Gasteiger partial charge < -0.3 is 4.90 Å². The molecule has 3 rings (SSSR count). The van der Waals surface area contributed by atoms with E-state index < -0.39 is 0 Å². The summed E-state index contributed by atoms with van der Waals surface area (Å²) in [5.74, 6) is 0.0849. The molecule has 0 aliphatic carbocycles. The van der Waals surface area contributed by atoms with Gasteiger partial charge in [-0.3, -0.25) is 9.36 Å². The molecule has 6 nitrogen and oxygen atoms in total.